The van der Waals surface area contributed by atoms with E-state index >= 15 is 0 Å². The molecule has 0 spiro atoms. The van der Waals surface area contributed by atoms with Crippen LogP contribution in [0.15, 0.2) is 52.5 Å². The zero-order chi connectivity index (χ0) is 14.8. The summed E-state index contributed by atoms with van der Waals surface area (Å²) in [6.45, 7) is 4.53. The van der Waals surface area contributed by atoms with Crippen LogP contribution < -0.4 is 0 Å². The van der Waals surface area contributed by atoms with E-state index in [2.05, 4.69) is 72.2 Å². The summed E-state index contributed by atoms with van der Waals surface area (Å²) in [7, 11) is 0. The predicted octanol–water partition coefficient (Wildman–Crippen LogP) is 6.17. The molecule has 0 bridgehead atoms. The van der Waals surface area contributed by atoms with Crippen LogP contribution in [0.5, 0.6) is 0 Å². The summed E-state index contributed by atoms with van der Waals surface area (Å²) in [5, 5.41) is 0. The van der Waals surface area contributed by atoms with Crippen molar-refractivity contribution in [1.82, 2.24) is 0 Å². The fraction of sp³-hybridized carbons (Fsp3) is 0.300. The Bertz CT molecular complexity index is 695. The number of aryl methyl sites for hydroxylation is 1. The number of halogens is 1. The van der Waals surface area contributed by atoms with Gasteiger partial charge in [0, 0.05) is 4.47 Å². The van der Waals surface area contributed by atoms with E-state index in [1.807, 2.05) is 0 Å². The Kier molecular flexibility index (Phi) is 4.30. The van der Waals surface area contributed by atoms with Crippen LogP contribution in [0.25, 0.3) is 5.57 Å². The van der Waals surface area contributed by atoms with Crippen molar-refractivity contribution in [1.29, 1.82) is 0 Å². The van der Waals surface area contributed by atoms with Crippen molar-refractivity contribution >= 4 is 21.5 Å². The lowest BCUT2D eigenvalue weighted by atomic mass is 9.91. The van der Waals surface area contributed by atoms with Gasteiger partial charge < -0.3 is 0 Å². The normalized spacial score (nSPS) is 13.7. The number of fused-ring (bicyclic) bond motifs is 1. The molecule has 2 aromatic rings. The van der Waals surface area contributed by atoms with Gasteiger partial charge in [-0.15, -0.1) is 0 Å². The van der Waals surface area contributed by atoms with E-state index in [0.717, 1.165) is 6.42 Å². The average molecular weight is 341 g/mol. The smallest absolute Gasteiger partial charge is 0.0256 e. The molecule has 1 aliphatic carbocycles. The lowest BCUT2D eigenvalue weighted by molar-refractivity contribution is 0.793. The summed E-state index contributed by atoms with van der Waals surface area (Å²) < 4.78 is 1.22. The first-order valence-corrected chi connectivity index (χ1v) is 8.57. The number of hydrogen-bond donors (Lipinski definition) is 0. The molecule has 0 aliphatic heterocycles. The SMILES string of the molecule is CCCCc1ccccc1C1=C(C)Cc2cccc(Br)c21. The monoisotopic (exact) mass is 340 g/mol. The second-order valence-corrected chi connectivity index (χ2v) is 6.72. The third-order valence-corrected chi connectivity index (χ3v) is 4.98. The van der Waals surface area contributed by atoms with E-state index in [4.69, 9.17) is 0 Å². The molecule has 1 aliphatic rings. The quantitative estimate of drug-likeness (QED) is 0.624. The number of allylic oxidation sites excluding steroid dienone is 1. The Balaban J connectivity index is 2.12. The lowest BCUT2D eigenvalue weighted by Crippen LogP contribution is -1.96. The van der Waals surface area contributed by atoms with Gasteiger partial charge in [-0.25, -0.2) is 0 Å². The summed E-state index contributed by atoms with van der Waals surface area (Å²) in [6.07, 6.45) is 4.74. The maximum atomic E-state index is 3.76. The van der Waals surface area contributed by atoms with Crippen LogP contribution in [0.4, 0.5) is 0 Å². The van der Waals surface area contributed by atoms with Gasteiger partial charge in [-0.1, -0.05) is 71.2 Å². The Morgan fingerprint density at radius 1 is 1.05 bits per heavy atom. The molecule has 0 amide bonds. The van der Waals surface area contributed by atoms with E-state index in [-0.39, 0.29) is 0 Å². The van der Waals surface area contributed by atoms with Crippen LogP contribution in [0.3, 0.4) is 0 Å². The topological polar surface area (TPSA) is 0 Å². The molecule has 1 heteroatoms. The van der Waals surface area contributed by atoms with Crippen LogP contribution in [0.2, 0.25) is 0 Å². The third-order valence-electron chi connectivity index (χ3n) is 4.32. The van der Waals surface area contributed by atoms with Crippen LogP contribution >= 0.6 is 15.9 Å². The van der Waals surface area contributed by atoms with Crippen molar-refractivity contribution in [2.75, 3.05) is 0 Å². The Morgan fingerprint density at radius 2 is 1.86 bits per heavy atom. The summed E-state index contributed by atoms with van der Waals surface area (Å²) >= 11 is 3.76. The Labute approximate surface area is 136 Å². The molecule has 0 aromatic heterocycles. The molecule has 0 saturated heterocycles. The molecule has 0 unspecified atom stereocenters. The van der Waals surface area contributed by atoms with E-state index in [1.54, 1.807) is 0 Å². The van der Waals surface area contributed by atoms with E-state index in [1.165, 1.54) is 57.1 Å². The molecule has 3 rings (SSSR count). The predicted molar refractivity (Wildman–Crippen MR) is 94.6 cm³/mol. The molecular formula is C20H21Br. The second kappa shape index (κ2) is 6.19. The first-order valence-electron chi connectivity index (χ1n) is 7.78. The average Bonchev–Trinajstić information content (AvgIpc) is 2.83. The number of hydrogen-bond acceptors (Lipinski definition) is 0. The highest BCUT2D eigenvalue weighted by Gasteiger charge is 2.23. The van der Waals surface area contributed by atoms with Gasteiger partial charge in [0.1, 0.15) is 0 Å². The first-order chi connectivity index (χ1) is 10.2. The van der Waals surface area contributed by atoms with Crippen molar-refractivity contribution in [3.05, 3.63) is 74.8 Å². The van der Waals surface area contributed by atoms with Crippen molar-refractivity contribution in [3.8, 4) is 0 Å². The van der Waals surface area contributed by atoms with Crippen LogP contribution in [0, 0.1) is 0 Å². The maximum Gasteiger partial charge on any atom is 0.0256 e. The highest BCUT2D eigenvalue weighted by Crippen LogP contribution is 2.42. The molecule has 0 N–H and O–H groups in total. The highest BCUT2D eigenvalue weighted by molar-refractivity contribution is 9.10. The largest absolute Gasteiger partial charge is 0.0654 e. The van der Waals surface area contributed by atoms with Crippen LogP contribution in [-0.2, 0) is 12.8 Å². The summed E-state index contributed by atoms with van der Waals surface area (Å²) in [5.74, 6) is 0. The fourth-order valence-electron chi connectivity index (χ4n) is 3.30. The fourth-order valence-corrected chi connectivity index (χ4v) is 3.90. The van der Waals surface area contributed by atoms with Gasteiger partial charge in [-0.2, -0.15) is 0 Å². The molecule has 0 atom stereocenters. The summed E-state index contributed by atoms with van der Waals surface area (Å²) in [5.41, 5.74) is 8.69. The van der Waals surface area contributed by atoms with Gasteiger partial charge in [-0.3, -0.25) is 0 Å². The molecule has 0 saturated carbocycles. The minimum absolute atomic E-state index is 1.08. The van der Waals surface area contributed by atoms with Crippen molar-refractivity contribution in [3.63, 3.8) is 0 Å². The second-order valence-electron chi connectivity index (χ2n) is 5.87. The standard InChI is InChI=1S/C20H21Br/c1-3-4-8-15-9-5-6-11-17(15)19-14(2)13-16-10-7-12-18(21)20(16)19/h5-7,9-12H,3-4,8,13H2,1-2H3. The minimum atomic E-state index is 1.08. The summed E-state index contributed by atoms with van der Waals surface area (Å²) in [6, 6.07) is 15.5. The van der Waals surface area contributed by atoms with Crippen molar-refractivity contribution < 1.29 is 0 Å². The zero-order valence-corrected chi connectivity index (χ0v) is 14.3. The number of benzene rings is 2. The Hall–Kier alpha value is -1.34. The van der Waals surface area contributed by atoms with Gasteiger partial charge in [0.2, 0.25) is 0 Å². The maximum absolute atomic E-state index is 3.76. The molecule has 0 fully saturated rings. The van der Waals surface area contributed by atoms with Crippen LogP contribution in [0.1, 0.15) is 48.9 Å². The minimum Gasteiger partial charge on any atom is -0.0654 e. The molecule has 108 valence electrons. The van der Waals surface area contributed by atoms with E-state index in [9.17, 15) is 0 Å². The van der Waals surface area contributed by atoms with Crippen LogP contribution in [-0.4, -0.2) is 0 Å². The number of unbranched alkanes of at least 4 members (excludes halogenated alkanes) is 1. The molecule has 0 nitrogen and oxygen atoms in total. The lowest BCUT2D eigenvalue weighted by Gasteiger charge is -2.14. The van der Waals surface area contributed by atoms with Crippen molar-refractivity contribution in [2.24, 2.45) is 0 Å². The zero-order valence-electron chi connectivity index (χ0n) is 12.7. The summed E-state index contributed by atoms with van der Waals surface area (Å²) in [4.78, 5) is 0. The molecular weight excluding hydrogens is 320 g/mol. The highest BCUT2D eigenvalue weighted by atomic mass is 79.9. The van der Waals surface area contributed by atoms with Gasteiger partial charge in [0.05, 0.1) is 0 Å². The molecule has 0 heterocycles. The number of rotatable bonds is 4. The Morgan fingerprint density at radius 3 is 2.67 bits per heavy atom. The van der Waals surface area contributed by atoms with E-state index < -0.39 is 0 Å². The third kappa shape index (κ3) is 2.72. The molecule has 0 radical (unpaired) electrons. The van der Waals surface area contributed by atoms with Gasteiger partial charge in [0.15, 0.2) is 0 Å². The van der Waals surface area contributed by atoms with Gasteiger partial charge in [0.25, 0.3) is 0 Å². The van der Waals surface area contributed by atoms with E-state index in [0.29, 0.717) is 0 Å². The van der Waals surface area contributed by atoms with Crippen molar-refractivity contribution in [2.45, 2.75) is 39.5 Å². The molecule has 2 aromatic carbocycles. The molecule has 21 heavy (non-hydrogen) atoms. The van der Waals surface area contributed by atoms with Gasteiger partial charge >= 0.3 is 0 Å². The first kappa shape index (κ1) is 14.6. The van der Waals surface area contributed by atoms with Gasteiger partial charge in [-0.05, 0) is 60.1 Å².